The molecular weight excluding hydrogens is 346 g/mol. The second-order valence-electron chi connectivity index (χ2n) is 6.09. The van der Waals surface area contributed by atoms with E-state index in [4.69, 9.17) is 0 Å². The highest BCUT2D eigenvalue weighted by Gasteiger charge is 2.07. The van der Waals surface area contributed by atoms with E-state index in [9.17, 15) is 4.79 Å². The molecule has 0 aliphatic heterocycles. The molecule has 6 nitrogen and oxygen atoms in total. The number of aromatic nitrogens is 1. The van der Waals surface area contributed by atoms with Gasteiger partial charge in [-0.3, -0.25) is 9.79 Å². The average molecular weight is 374 g/mol. The number of hydrogen-bond donors (Lipinski definition) is 2. The third-order valence-corrected chi connectivity index (χ3v) is 4.91. The van der Waals surface area contributed by atoms with Crippen molar-refractivity contribution in [1.82, 2.24) is 20.5 Å². The Morgan fingerprint density at radius 3 is 2.54 bits per heavy atom. The summed E-state index contributed by atoms with van der Waals surface area (Å²) in [6, 6.07) is 7.61. The van der Waals surface area contributed by atoms with Crippen LogP contribution in [0.1, 0.15) is 33.5 Å². The minimum atomic E-state index is 0.00950. The van der Waals surface area contributed by atoms with Crippen LogP contribution in [0.3, 0.4) is 0 Å². The Balaban J connectivity index is 1.78. The van der Waals surface area contributed by atoms with E-state index in [2.05, 4.69) is 32.9 Å². The molecule has 1 amide bonds. The molecule has 7 heteroatoms. The van der Waals surface area contributed by atoms with Crippen LogP contribution in [0.4, 0.5) is 0 Å². The smallest absolute Gasteiger partial charge is 0.253 e. The Kier molecular flexibility index (Phi) is 7.59. The summed E-state index contributed by atoms with van der Waals surface area (Å²) in [5, 5.41) is 9.89. The van der Waals surface area contributed by atoms with Crippen LogP contribution in [0, 0.1) is 0 Å². The van der Waals surface area contributed by atoms with E-state index in [1.54, 1.807) is 37.4 Å². The Labute approximate surface area is 159 Å². The number of aliphatic imine (C=N–C) groups is 1. The van der Waals surface area contributed by atoms with Gasteiger partial charge in [-0.25, -0.2) is 4.98 Å². The van der Waals surface area contributed by atoms with Gasteiger partial charge < -0.3 is 15.5 Å². The number of thiazole rings is 1. The quantitative estimate of drug-likeness (QED) is 0.577. The molecule has 2 rings (SSSR count). The van der Waals surface area contributed by atoms with Gasteiger partial charge in [0.25, 0.3) is 5.91 Å². The molecule has 140 valence electrons. The Morgan fingerprint density at radius 1 is 1.23 bits per heavy atom. The van der Waals surface area contributed by atoms with Crippen molar-refractivity contribution < 1.29 is 4.79 Å². The minimum Gasteiger partial charge on any atom is -0.356 e. The monoisotopic (exact) mass is 373 g/mol. The summed E-state index contributed by atoms with van der Waals surface area (Å²) in [5.41, 5.74) is 2.90. The first-order valence-corrected chi connectivity index (χ1v) is 9.59. The van der Waals surface area contributed by atoms with Crippen LogP contribution in [-0.4, -0.2) is 49.4 Å². The Morgan fingerprint density at radius 2 is 1.96 bits per heavy atom. The van der Waals surface area contributed by atoms with Crippen molar-refractivity contribution in [3.8, 4) is 0 Å². The molecular formula is C19H27N5OS. The van der Waals surface area contributed by atoms with Gasteiger partial charge in [-0.1, -0.05) is 19.1 Å². The van der Waals surface area contributed by atoms with E-state index in [-0.39, 0.29) is 5.91 Å². The largest absolute Gasteiger partial charge is 0.356 e. The Hall–Kier alpha value is -2.41. The fraction of sp³-hybridized carbons (Fsp3) is 0.421. The highest BCUT2D eigenvalue weighted by molar-refractivity contribution is 7.09. The van der Waals surface area contributed by atoms with E-state index in [0.717, 1.165) is 36.6 Å². The maximum absolute atomic E-state index is 11.9. The maximum Gasteiger partial charge on any atom is 0.253 e. The van der Waals surface area contributed by atoms with Crippen LogP contribution in [0.2, 0.25) is 0 Å². The SMILES string of the molecule is CCc1nc(CCNC(=NC)NCc2ccc(C(=O)N(C)C)cc2)cs1. The minimum absolute atomic E-state index is 0.00950. The zero-order valence-corrected chi connectivity index (χ0v) is 16.7. The molecule has 26 heavy (non-hydrogen) atoms. The molecule has 0 bridgehead atoms. The van der Waals surface area contributed by atoms with Gasteiger partial charge in [0.1, 0.15) is 0 Å². The van der Waals surface area contributed by atoms with E-state index in [0.29, 0.717) is 12.1 Å². The topological polar surface area (TPSA) is 69.6 Å². The van der Waals surface area contributed by atoms with Crippen molar-refractivity contribution in [3.63, 3.8) is 0 Å². The third kappa shape index (κ3) is 5.84. The first kappa shape index (κ1) is 19.9. The lowest BCUT2D eigenvalue weighted by atomic mass is 10.1. The number of benzene rings is 1. The summed E-state index contributed by atoms with van der Waals surface area (Å²) < 4.78 is 0. The van der Waals surface area contributed by atoms with Crippen molar-refractivity contribution >= 4 is 23.2 Å². The van der Waals surface area contributed by atoms with Gasteiger partial charge >= 0.3 is 0 Å². The molecule has 0 saturated heterocycles. The molecule has 0 radical (unpaired) electrons. The average Bonchev–Trinajstić information content (AvgIpc) is 3.12. The lowest BCUT2D eigenvalue weighted by molar-refractivity contribution is 0.0827. The van der Waals surface area contributed by atoms with Crippen molar-refractivity contribution in [2.75, 3.05) is 27.7 Å². The fourth-order valence-corrected chi connectivity index (χ4v) is 3.14. The number of aryl methyl sites for hydroxylation is 1. The summed E-state index contributed by atoms with van der Waals surface area (Å²) in [7, 11) is 5.26. The van der Waals surface area contributed by atoms with Gasteiger partial charge in [0, 0.05) is 51.6 Å². The molecule has 1 aromatic heterocycles. The van der Waals surface area contributed by atoms with Crippen molar-refractivity contribution in [1.29, 1.82) is 0 Å². The predicted octanol–water partition coefficient (Wildman–Crippen LogP) is 2.32. The van der Waals surface area contributed by atoms with Crippen LogP contribution < -0.4 is 10.6 Å². The zero-order valence-electron chi connectivity index (χ0n) is 15.9. The van der Waals surface area contributed by atoms with Crippen LogP contribution >= 0.6 is 11.3 Å². The van der Waals surface area contributed by atoms with Crippen LogP contribution in [0.15, 0.2) is 34.6 Å². The van der Waals surface area contributed by atoms with Gasteiger partial charge in [-0.05, 0) is 24.1 Å². The zero-order chi connectivity index (χ0) is 18.9. The molecule has 1 heterocycles. The molecule has 0 fully saturated rings. The summed E-state index contributed by atoms with van der Waals surface area (Å²) in [5.74, 6) is 0.764. The molecule has 2 aromatic rings. The maximum atomic E-state index is 11.9. The summed E-state index contributed by atoms with van der Waals surface area (Å²) in [6.45, 7) is 3.55. The van der Waals surface area contributed by atoms with Crippen molar-refractivity contribution in [2.24, 2.45) is 4.99 Å². The molecule has 1 aromatic carbocycles. The number of nitrogens with one attached hydrogen (secondary N) is 2. The third-order valence-electron chi connectivity index (χ3n) is 3.87. The number of guanidine groups is 1. The van der Waals surface area contributed by atoms with Crippen LogP contribution in [0.25, 0.3) is 0 Å². The highest BCUT2D eigenvalue weighted by Crippen LogP contribution is 2.10. The number of amides is 1. The fourth-order valence-electron chi connectivity index (χ4n) is 2.36. The predicted molar refractivity (Wildman–Crippen MR) is 108 cm³/mol. The number of carbonyl (C=O) groups is 1. The van der Waals surface area contributed by atoms with E-state index < -0.39 is 0 Å². The standard InChI is InChI=1S/C19H27N5OS/c1-5-17-23-16(13-26-17)10-11-21-19(20-2)22-12-14-6-8-15(9-7-14)18(25)24(3)4/h6-9,13H,5,10-12H2,1-4H3,(H2,20,21,22). The second kappa shape index (κ2) is 9.91. The molecule has 0 spiro atoms. The van der Waals surface area contributed by atoms with Crippen LogP contribution in [-0.2, 0) is 19.4 Å². The lowest BCUT2D eigenvalue weighted by Gasteiger charge is -2.13. The van der Waals surface area contributed by atoms with Gasteiger partial charge in [-0.2, -0.15) is 0 Å². The highest BCUT2D eigenvalue weighted by atomic mass is 32.1. The molecule has 2 N–H and O–H groups in total. The summed E-state index contributed by atoms with van der Waals surface area (Å²) >= 11 is 1.71. The molecule has 0 aliphatic carbocycles. The Bertz CT molecular complexity index is 737. The molecule has 0 atom stereocenters. The second-order valence-corrected chi connectivity index (χ2v) is 7.03. The van der Waals surface area contributed by atoms with Crippen molar-refractivity contribution in [2.45, 2.75) is 26.3 Å². The molecule has 0 saturated carbocycles. The number of rotatable bonds is 7. The number of carbonyl (C=O) groups excluding carboxylic acids is 1. The summed E-state index contributed by atoms with van der Waals surface area (Å²) in [4.78, 5) is 22.3. The van der Waals surface area contributed by atoms with Gasteiger partial charge in [0.15, 0.2) is 5.96 Å². The first-order valence-electron chi connectivity index (χ1n) is 8.71. The van der Waals surface area contributed by atoms with Crippen LogP contribution in [0.5, 0.6) is 0 Å². The van der Waals surface area contributed by atoms with E-state index >= 15 is 0 Å². The number of nitrogens with zero attached hydrogens (tertiary/aromatic N) is 3. The molecule has 0 aliphatic rings. The molecule has 0 unspecified atom stereocenters. The van der Waals surface area contributed by atoms with Crippen molar-refractivity contribution in [3.05, 3.63) is 51.5 Å². The summed E-state index contributed by atoms with van der Waals surface area (Å²) in [6.07, 6.45) is 1.86. The first-order chi connectivity index (χ1) is 12.5. The van der Waals surface area contributed by atoms with Gasteiger partial charge in [0.05, 0.1) is 10.7 Å². The van der Waals surface area contributed by atoms with Gasteiger partial charge in [-0.15, -0.1) is 11.3 Å². The normalized spacial score (nSPS) is 11.3. The van der Waals surface area contributed by atoms with E-state index in [1.165, 1.54) is 5.01 Å². The van der Waals surface area contributed by atoms with Gasteiger partial charge in [0.2, 0.25) is 0 Å². The lowest BCUT2D eigenvalue weighted by Crippen LogP contribution is -2.37. The van der Waals surface area contributed by atoms with E-state index in [1.807, 2.05) is 24.3 Å². The number of hydrogen-bond acceptors (Lipinski definition) is 4.